The van der Waals surface area contributed by atoms with Crippen LogP contribution in [-0.4, -0.2) is 5.78 Å². The first kappa shape index (κ1) is 13.1. The molecule has 0 heterocycles. The van der Waals surface area contributed by atoms with Gasteiger partial charge in [0.15, 0.2) is 0 Å². The highest BCUT2D eigenvalue weighted by atomic mass is 16.1. The van der Waals surface area contributed by atoms with Gasteiger partial charge in [-0.2, -0.15) is 0 Å². The van der Waals surface area contributed by atoms with Crippen molar-refractivity contribution in [3.8, 4) is 0 Å². The molecule has 4 aliphatic carbocycles. The summed E-state index contributed by atoms with van der Waals surface area (Å²) < 4.78 is 0. The topological polar surface area (TPSA) is 17.1 Å². The summed E-state index contributed by atoms with van der Waals surface area (Å²) in [7, 11) is 0. The van der Waals surface area contributed by atoms with Crippen LogP contribution in [0.3, 0.4) is 0 Å². The van der Waals surface area contributed by atoms with Crippen molar-refractivity contribution in [3.05, 3.63) is 11.1 Å². The number of hydrogen-bond acceptors (Lipinski definition) is 1. The Morgan fingerprint density at radius 3 is 2.65 bits per heavy atom. The molecular formula is C19H28O. The van der Waals surface area contributed by atoms with Gasteiger partial charge in [-0.1, -0.05) is 37.8 Å². The summed E-state index contributed by atoms with van der Waals surface area (Å²) in [6, 6.07) is 0. The van der Waals surface area contributed by atoms with Gasteiger partial charge in [0.25, 0.3) is 0 Å². The van der Waals surface area contributed by atoms with Gasteiger partial charge in [-0.25, -0.2) is 0 Å². The molecule has 0 N–H and O–H groups in total. The van der Waals surface area contributed by atoms with Crippen LogP contribution in [0, 0.1) is 22.7 Å². The number of carbonyl (C=O) groups is 1. The molecule has 3 fully saturated rings. The third-order valence-electron chi connectivity index (χ3n) is 7.48. The fraction of sp³-hybridized carbons (Fsp3) is 0.842. The van der Waals surface area contributed by atoms with Crippen LogP contribution in [0.2, 0.25) is 0 Å². The first-order valence-corrected chi connectivity index (χ1v) is 8.80. The maximum absolute atomic E-state index is 12.7. The SMILES string of the molecule is CC12CCCC1=C1CC(=O)C3CCCCC3(C)C1CC2. The third-order valence-corrected chi connectivity index (χ3v) is 7.48. The Hall–Kier alpha value is -0.590. The highest BCUT2D eigenvalue weighted by molar-refractivity contribution is 5.86. The molecule has 4 atom stereocenters. The Labute approximate surface area is 123 Å². The maximum atomic E-state index is 12.7. The van der Waals surface area contributed by atoms with Gasteiger partial charge in [-0.3, -0.25) is 4.79 Å². The zero-order valence-corrected chi connectivity index (χ0v) is 13.1. The molecule has 1 nitrogen and oxygen atoms in total. The maximum Gasteiger partial charge on any atom is 0.140 e. The summed E-state index contributed by atoms with van der Waals surface area (Å²) in [5, 5.41) is 0. The molecule has 1 heteroatoms. The largest absolute Gasteiger partial charge is 0.299 e. The van der Waals surface area contributed by atoms with Crippen molar-refractivity contribution in [3.63, 3.8) is 0 Å². The number of allylic oxidation sites excluding steroid dienone is 2. The predicted molar refractivity (Wildman–Crippen MR) is 81.4 cm³/mol. The lowest BCUT2D eigenvalue weighted by Crippen LogP contribution is -2.49. The van der Waals surface area contributed by atoms with E-state index in [9.17, 15) is 4.79 Å². The first-order valence-electron chi connectivity index (χ1n) is 8.80. The smallest absolute Gasteiger partial charge is 0.140 e. The monoisotopic (exact) mass is 272 g/mol. The van der Waals surface area contributed by atoms with E-state index in [-0.39, 0.29) is 0 Å². The van der Waals surface area contributed by atoms with E-state index in [1.54, 1.807) is 11.1 Å². The lowest BCUT2D eigenvalue weighted by molar-refractivity contribution is -0.133. The summed E-state index contributed by atoms with van der Waals surface area (Å²) in [5.74, 6) is 1.71. The first-order chi connectivity index (χ1) is 9.55. The van der Waals surface area contributed by atoms with Gasteiger partial charge in [0.1, 0.15) is 5.78 Å². The molecule has 4 unspecified atom stereocenters. The molecule has 3 saturated carbocycles. The van der Waals surface area contributed by atoms with E-state index >= 15 is 0 Å². The molecule has 0 aromatic rings. The van der Waals surface area contributed by atoms with E-state index in [0.717, 1.165) is 12.3 Å². The van der Waals surface area contributed by atoms with Crippen molar-refractivity contribution >= 4 is 5.78 Å². The zero-order valence-electron chi connectivity index (χ0n) is 13.1. The number of Topliss-reactive ketones (excluding diaryl/α,β-unsaturated/α-hetero) is 1. The molecule has 0 spiro atoms. The second-order valence-electron chi connectivity index (χ2n) is 8.46. The minimum Gasteiger partial charge on any atom is -0.299 e. The Morgan fingerprint density at radius 1 is 0.950 bits per heavy atom. The van der Waals surface area contributed by atoms with Gasteiger partial charge in [0.05, 0.1) is 0 Å². The summed E-state index contributed by atoms with van der Waals surface area (Å²) in [6.45, 7) is 4.93. The van der Waals surface area contributed by atoms with Gasteiger partial charge < -0.3 is 0 Å². The van der Waals surface area contributed by atoms with Gasteiger partial charge in [-0.05, 0) is 61.7 Å². The minimum atomic E-state index is 0.305. The van der Waals surface area contributed by atoms with Crippen LogP contribution in [-0.2, 0) is 4.79 Å². The highest BCUT2D eigenvalue weighted by Crippen LogP contribution is 2.62. The van der Waals surface area contributed by atoms with Crippen molar-refractivity contribution in [2.75, 3.05) is 0 Å². The Balaban J connectivity index is 1.81. The van der Waals surface area contributed by atoms with Crippen LogP contribution >= 0.6 is 0 Å². The molecule has 110 valence electrons. The lowest BCUT2D eigenvalue weighted by Gasteiger charge is -2.54. The van der Waals surface area contributed by atoms with Crippen molar-refractivity contribution in [2.24, 2.45) is 22.7 Å². The fourth-order valence-electron chi connectivity index (χ4n) is 6.35. The lowest BCUT2D eigenvalue weighted by atomic mass is 9.49. The second kappa shape index (κ2) is 4.21. The number of rotatable bonds is 0. The van der Waals surface area contributed by atoms with Crippen molar-refractivity contribution < 1.29 is 4.79 Å². The Kier molecular flexibility index (Phi) is 2.76. The van der Waals surface area contributed by atoms with Crippen LogP contribution < -0.4 is 0 Å². The van der Waals surface area contributed by atoms with Crippen LogP contribution in [0.25, 0.3) is 0 Å². The summed E-state index contributed by atoms with van der Waals surface area (Å²) in [4.78, 5) is 12.7. The molecule has 0 aliphatic heterocycles. The molecular weight excluding hydrogens is 244 g/mol. The van der Waals surface area contributed by atoms with Gasteiger partial charge >= 0.3 is 0 Å². The summed E-state index contributed by atoms with van der Waals surface area (Å²) >= 11 is 0. The zero-order chi connectivity index (χ0) is 14.0. The average Bonchev–Trinajstić information content (AvgIpc) is 2.81. The number of fused-ring (bicyclic) bond motifs is 4. The van der Waals surface area contributed by atoms with Crippen LogP contribution in [0.15, 0.2) is 11.1 Å². The molecule has 0 aromatic carbocycles. The van der Waals surface area contributed by atoms with E-state index in [4.69, 9.17) is 0 Å². The van der Waals surface area contributed by atoms with Gasteiger partial charge in [0, 0.05) is 12.3 Å². The predicted octanol–water partition coefficient (Wildman–Crippen LogP) is 5.05. The molecule has 0 bridgehead atoms. The van der Waals surface area contributed by atoms with E-state index in [0.29, 0.717) is 22.5 Å². The molecule has 20 heavy (non-hydrogen) atoms. The highest BCUT2D eigenvalue weighted by Gasteiger charge is 2.54. The average molecular weight is 272 g/mol. The minimum absolute atomic E-state index is 0.305. The molecule has 0 saturated heterocycles. The van der Waals surface area contributed by atoms with E-state index in [1.807, 2.05) is 0 Å². The summed E-state index contributed by atoms with van der Waals surface area (Å²) in [6.07, 6.45) is 12.7. The van der Waals surface area contributed by atoms with Crippen LogP contribution in [0.4, 0.5) is 0 Å². The number of hydrogen-bond donors (Lipinski definition) is 0. The molecule has 0 amide bonds. The Morgan fingerprint density at radius 2 is 1.80 bits per heavy atom. The quantitative estimate of drug-likeness (QED) is 0.564. The normalized spacial score (nSPS) is 47.8. The number of carbonyl (C=O) groups excluding carboxylic acids is 1. The molecule has 4 aliphatic rings. The van der Waals surface area contributed by atoms with Crippen LogP contribution in [0.1, 0.15) is 78.1 Å². The number of ketones is 1. The van der Waals surface area contributed by atoms with E-state index < -0.39 is 0 Å². The fourth-order valence-corrected chi connectivity index (χ4v) is 6.35. The van der Waals surface area contributed by atoms with Crippen molar-refractivity contribution in [1.29, 1.82) is 0 Å². The molecule has 0 aromatic heterocycles. The summed E-state index contributed by atoms with van der Waals surface area (Å²) in [5.41, 5.74) is 4.12. The van der Waals surface area contributed by atoms with Gasteiger partial charge in [0.2, 0.25) is 0 Å². The molecule has 0 radical (unpaired) electrons. The Bertz CT molecular complexity index is 488. The standard InChI is InChI=1S/C19H28O/c1-18-9-5-7-14(18)13-12-17(20)16-6-3-4-10-19(16,2)15(13)8-11-18/h15-16H,3-12H2,1-2H3. The van der Waals surface area contributed by atoms with Crippen molar-refractivity contribution in [1.82, 2.24) is 0 Å². The van der Waals surface area contributed by atoms with Crippen molar-refractivity contribution in [2.45, 2.75) is 78.1 Å². The second-order valence-corrected chi connectivity index (χ2v) is 8.46. The van der Waals surface area contributed by atoms with E-state index in [2.05, 4.69) is 13.8 Å². The molecule has 4 rings (SSSR count). The van der Waals surface area contributed by atoms with Crippen LogP contribution in [0.5, 0.6) is 0 Å². The van der Waals surface area contributed by atoms with Gasteiger partial charge in [-0.15, -0.1) is 0 Å². The third kappa shape index (κ3) is 1.58. The van der Waals surface area contributed by atoms with E-state index in [1.165, 1.54) is 57.8 Å².